The van der Waals surface area contributed by atoms with E-state index in [1.165, 1.54) is 41.4 Å². The Labute approximate surface area is 348 Å². The standard InChI is InChI=1S/C45H41F3N8O5/c1-2-30-34(46)6-3-24-14-29(57)15-32(38(24)30)40-39(48)41-33(17-49-40)42(55-20-27-4-5-28(21-55)50-27)53-45(52-41)61-22-23-9-11-54(12-10-23)18-26-13-25-19-56(44(60)31(25)16-35(26)47)36-7-8-37(58)51-43(36)59/h1,3,6,13-17,23,27-28,36,50,57H,4-5,7-12,18-22H2,(H,51,58,59)/t27-,28+,36?. The predicted octanol–water partition coefficient (Wildman–Crippen LogP) is 4.94. The number of pyridine rings is 1. The molecule has 4 saturated heterocycles. The summed E-state index contributed by atoms with van der Waals surface area (Å²) in [4.78, 5) is 56.9. The lowest BCUT2D eigenvalue weighted by Crippen LogP contribution is -2.52. The van der Waals surface area contributed by atoms with Gasteiger partial charge in [0.25, 0.3) is 5.91 Å². The molecule has 5 aliphatic heterocycles. The number of carbonyl (C=O) groups excluding carboxylic acids is 3. The van der Waals surface area contributed by atoms with Gasteiger partial charge in [0.1, 0.15) is 40.5 Å². The summed E-state index contributed by atoms with van der Waals surface area (Å²) in [6.45, 7) is 3.39. The molecule has 0 radical (unpaired) electrons. The van der Waals surface area contributed by atoms with Gasteiger partial charge in [0.15, 0.2) is 5.82 Å². The first-order valence-electron chi connectivity index (χ1n) is 20.6. The lowest BCUT2D eigenvalue weighted by molar-refractivity contribution is -0.136. The van der Waals surface area contributed by atoms with Crippen molar-refractivity contribution in [1.29, 1.82) is 0 Å². The topological polar surface area (TPSA) is 153 Å². The quantitative estimate of drug-likeness (QED) is 0.144. The molecule has 7 heterocycles. The highest BCUT2D eigenvalue weighted by Crippen LogP contribution is 2.40. The summed E-state index contributed by atoms with van der Waals surface area (Å²) in [5, 5.41) is 17.6. The fourth-order valence-corrected chi connectivity index (χ4v) is 9.74. The smallest absolute Gasteiger partial charge is 0.319 e. The van der Waals surface area contributed by atoms with Gasteiger partial charge in [-0.05, 0) is 92.4 Å². The van der Waals surface area contributed by atoms with Crippen LogP contribution in [0.5, 0.6) is 11.8 Å². The number of amides is 3. The minimum Gasteiger partial charge on any atom is -0.508 e. The predicted molar refractivity (Wildman–Crippen MR) is 218 cm³/mol. The maximum atomic E-state index is 17.0. The SMILES string of the molecule is C#Cc1c(F)ccc2cc(O)cc(-c3ncc4c(N5C[C@H]6CC[C@@H](C5)N6)nc(OCC5CCN(Cc6cc7c(cc6F)C(=O)N(C6CCC(=O)NC6=O)C7)CC5)nc4c3F)c12. The second kappa shape index (κ2) is 15.3. The second-order valence-corrected chi connectivity index (χ2v) is 16.7. The Morgan fingerprint density at radius 2 is 1.72 bits per heavy atom. The van der Waals surface area contributed by atoms with Gasteiger partial charge in [-0.25, -0.2) is 13.2 Å². The van der Waals surface area contributed by atoms with E-state index < -0.39 is 35.3 Å². The summed E-state index contributed by atoms with van der Waals surface area (Å²) in [6.07, 6.45) is 11.1. The number of piperazine rings is 1. The van der Waals surface area contributed by atoms with Crippen LogP contribution in [0.4, 0.5) is 19.0 Å². The highest BCUT2D eigenvalue weighted by molar-refractivity contribution is 6.06. The van der Waals surface area contributed by atoms with Crippen molar-refractivity contribution in [3.8, 4) is 35.4 Å². The molecule has 5 aliphatic rings. The van der Waals surface area contributed by atoms with Crippen LogP contribution in [-0.2, 0) is 22.7 Å². The van der Waals surface area contributed by atoms with Crippen molar-refractivity contribution in [1.82, 2.24) is 35.4 Å². The van der Waals surface area contributed by atoms with E-state index >= 15 is 8.78 Å². The summed E-state index contributed by atoms with van der Waals surface area (Å²) in [5.41, 5.74) is 1.21. The van der Waals surface area contributed by atoms with E-state index in [4.69, 9.17) is 16.1 Å². The number of benzene rings is 3. The Hall–Kier alpha value is -6.31. The first-order chi connectivity index (χ1) is 29.5. The lowest BCUT2D eigenvalue weighted by atomic mass is 9.96. The molecule has 3 aromatic carbocycles. The van der Waals surface area contributed by atoms with E-state index in [9.17, 15) is 23.9 Å². The van der Waals surface area contributed by atoms with Crippen molar-refractivity contribution < 1.29 is 37.4 Å². The highest BCUT2D eigenvalue weighted by Gasteiger charge is 2.40. The van der Waals surface area contributed by atoms with Crippen molar-refractivity contribution in [2.75, 3.05) is 37.7 Å². The van der Waals surface area contributed by atoms with E-state index in [0.29, 0.717) is 60.4 Å². The molecule has 2 bridgehead atoms. The number of nitrogens with zero attached hydrogens (tertiary/aromatic N) is 6. The minimum absolute atomic E-state index is 0.00379. The zero-order valence-corrected chi connectivity index (χ0v) is 33.0. The van der Waals surface area contributed by atoms with Gasteiger partial charge in [-0.15, -0.1) is 6.42 Å². The van der Waals surface area contributed by atoms with Crippen LogP contribution in [0.25, 0.3) is 32.9 Å². The summed E-state index contributed by atoms with van der Waals surface area (Å²) in [6, 6.07) is 8.13. The Bertz CT molecular complexity index is 2710. The van der Waals surface area contributed by atoms with Crippen molar-refractivity contribution >= 4 is 45.2 Å². The number of rotatable bonds is 8. The molecule has 0 spiro atoms. The molecule has 312 valence electrons. The number of hydrogen-bond acceptors (Lipinski definition) is 11. The zero-order valence-electron chi connectivity index (χ0n) is 33.0. The number of anilines is 1. The van der Waals surface area contributed by atoms with Crippen LogP contribution in [0.2, 0.25) is 0 Å². The van der Waals surface area contributed by atoms with Crippen LogP contribution in [0, 0.1) is 35.7 Å². The Kier molecular flexibility index (Phi) is 9.75. The van der Waals surface area contributed by atoms with E-state index in [-0.39, 0.29) is 94.9 Å². The zero-order chi connectivity index (χ0) is 42.1. The molecule has 4 fully saturated rings. The van der Waals surface area contributed by atoms with Crippen molar-refractivity contribution in [3.63, 3.8) is 0 Å². The maximum Gasteiger partial charge on any atom is 0.319 e. The molecule has 61 heavy (non-hydrogen) atoms. The average molecular weight is 831 g/mol. The fourth-order valence-electron chi connectivity index (χ4n) is 9.74. The normalized spacial score (nSPS) is 21.9. The van der Waals surface area contributed by atoms with E-state index in [2.05, 4.69) is 36.3 Å². The maximum absolute atomic E-state index is 17.0. The number of likely N-dealkylation sites (tertiary alicyclic amines) is 1. The molecule has 1 unspecified atom stereocenters. The van der Waals surface area contributed by atoms with E-state index in [1.807, 2.05) is 0 Å². The Balaban J connectivity index is 0.873. The number of hydrogen-bond donors (Lipinski definition) is 3. The second-order valence-electron chi connectivity index (χ2n) is 16.7. The van der Waals surface area contributed by atoms with Gasteiger partial charge < -0.3 is 25.0 Å². The number of imide groups is 1. The van der Waals surface area contributed by atoms with Crippen molar-refractivity contribution in [3.05, 3.63) is 82.3 Å². The number of fused-ring (bicyclic) bond motifs is 5. The van der Waals surface area contributed by atoms with Crippen LogP contribution in [0.1, 0.15) is 65.6 Å². The van der Waals surface area contributed by atoms with E-state index in [0.717, 1.165) is 25.7 Å². The molecular weight excluding hydrogens is 790 g/mol. The lowest BCUT2D eigenvalue weighted by Gasteiger charge is -2.34. The van der Waals surface area contributed by atoms with Crippen LogP contribution in [0.3, 0.4) is 0 Å². The van der Waals surface area contributed by atoms with Gasteiger partial charge in [0, 0.05) is 73.0 Å². The molecule has 16 heteroatoms. The molecule has 0 saturated carbocycles. The number of phenols is 1. The van der Waals surface area contributed by atoms with Gasteiger partial charge >= 0.3 is 6.01 Å². The van der Waals surface area contributed by atoms with Gasteiger partial charge in [-0.3, -0.25) is 29.6 Å². The first kappa shape index (κ1) is 38.9. The summed E-state index contributed by atoms with van der Waals surface area (Å²) >= 11 is 0. The third kappa shape index (κ3) is 7.05. The van der Waals surface area contributed by atoms with Gasteiger partial charge in [0.05, 0.1) is 17.6 Å². The molecule has 5 aromatic rings. The molecular formula is C45H41F3N8O5. The Morgan fingerprint density at radius 1 is 0.934 bits per heavy atom. The number of phenolic OH excluding ortho intramolecular Hbond substituents is 1. The average Bonchev–Trinajstić information content (AvgIpc) is 3.75. The fraction of sp³-hybridized carbons (Fsp3) is 0.378. The molecule has 3 amide bonds. The van der Waals surface area contributed by atoms with Crippen molar-refractivity contribution in [2.24, 2.45) is 5.92 Å². The summed E-state index contributed by atoms with van der Waals surface area (Å²) in [5.74, 6) is -0.426. The number of ether oxygens (including phenoxy) is 1. The van der Waals surface area contributed by atoms with Crippen LogP contribution >= 0.6 is 0 Å². The van der Waals surface area contributed by atoms with Crippen molar-refractivity contribution in [2.45, 2.75) is 69.7 Å². The molecule has 10 rings (SSSR count). The number of carbonyl (C=O) groups is 3. The number of nitrogens with one attached hydrogen (secondary N) is 2. The van der Waals surface area contributed by atoms with Crippen LogP contribution < -0.4 is 20.3 Å². The molecule has 3 N–H and O–H groups in total. The molecule has 2 aromatic heterocycles. The molecule has 13 nitrogen and oxygen atoms in total. The number of aromatic hydroxyl groups is 1. The van der Waals surface area contributed by atoms with Crippen LogP contribution in [0.15, 0.2) is 42.6 Å². The number of piperidine rings is 2. The first-order valence-corrected chi connectivity index (χ1v) is 20.6. The third-order valence-electron chi connectivity index (χ3n) is 12.9. The van der Waals surface area contributed by atoms with E-state index in [1.54, 1.807) is 6.07 Å². The largest absolute Gasteiger partial charge is 0.508 e. The van der Waals surface area contributed by atoms with Gasteiger partial charge in [-0.1, -0.05) is 12.0 Å². The molecule has 0 aliphatic carbocycles. The van der Waals surface area contributed by atoms with Gasteiger partial charge in [0.2, 0.25) is 11.8 Å². The Morgan fingerprint density at radius 3 is 2.48 bits per heavy atom. The summed E-state index contributed by atoms with van der Waals surface area (Å²) < 4.78 is 53.6. The van der Waals surface area contributed by atoms with Gasteiger partial charge in [-0.2, -0.15) is 9.97 Å². The monoisotopic (exact) mass is 830 g/mol. The number of terminal acetylenes is 1. The van der Waals surface area contributed by atoms with Crippen LogP contribution in [-0.4, -0.2) is 98.5 Å². The summed E-state index contributed by atoms with van der Waals surface area (Å²) in [7, 11) is 0. The highest BCUT2D eigenvalue weighted by atomic mass is 19.1. The number of aromatic nitrogens is 3. The minimum atomic E-state index is -0.789. The third-order valence-corrected chi connectivity index (χ3v) is 12.9. The number of halogens is 3. The molecule has 3 atom stereocenters.